The molecular formula is C10H17N3O7. The number of carbonyl (C=O) groups is 4. The molecule has 0 fully saturated rings. The molecule has 0 saturated heterocycles. The van der Waals surface area contributed by atoms with Gasteiger partial charge in [0, 0.05) is 13.1 Å². The molecule has 1 amide bonds. The van der Waals surface area contributed by atoms with Crippen molar-refractivity contribution in [2.75, 3.05) is 39.3 Å². The number of hydrogen-bond acceptors (Lipinski definition) is 6. The number of hydrogen-bond donors (Lipinski definition) is 4. The average molecular weight is 291 g/mol. The number of aliphatic carboxylic acids is 3. The van der Waals surface area contributed by atoms with E-state index in [2.05, 4.69) is 0 Å². The van der Waals surface area contributed by atoms with Crippen LogP contribution in [0.5, 0.6) is 0 Å². The van der Waals surface area contributed by atoms with E-state index in [-0.39, 0.29) is 19.6 Å². The van der Waals surface area contributed by atoms with Crippen LogP contribution in [0.25, 0.3) is 0 Å². The van der Waals surface area contributed by atoms with Gasteiger partial charge in [0.25, 0.3) is 0 Å². The lowest BCUT2D eigenvalue weighted by Crippen LogP contribution is -2.44. The first-order valence-corrected chi connectivity index (χ1v) is 5.59. The highest BCUT2D eigenvalue weighted by molar-refractivity contribution is 5.77. The summed E-state index contributed by atoms with van der Waals surface area (Å²) in [4.78, 5) is 44.8. The molecular weight excluding hydrogens is 274 g/mol. The van der Waals surface area contributed by atoms with E-state index in [0.717, 1.165) is 4.90 Å². The van der Waals surface area contributed by atoms with Crippen molar-refractivity contribution < 1.29 is 34.5 Å². The SMILES string of the molecule is NC(=O)CN(CCN(CC(=O)O)CC(=O)O)CC(=O)O. The Kier molecular flexibility index (Phi) is 7.85. The molecule has 0 aromatic rings. The Morgan fingerprint density at radius 2 is 1.00 bits per heavy atom. The van der Waals surface area contributed by atoms with E-state index in [1.54, 1.807) is 0 Å². The van der Waals surface area contributed by atoms with Gasteiger partial charge in [-0.15, -0.1) is 0 Å². The first kappa shape index (κ1) is 17.8. The summed E-state index contributed by atoms with van der Waals surface area (Å²) in [6, 6.07) is 0. The Balaban J connectivity index is 4.49. The number of nitrogens with zero attached hydrogens (tertiary/aromatic N) is 2. The number of rotatable bonds is 11. The molecule has 0 aliphatic carbocycles. The molecule has 0 spiro atoms. The highest BCUT2D eigenvalue weighted by Crippen LogP contribution is 1.93. The lowest BCUT2D eigenvalue weighted by molar-refractivity contribution is -0.143. The monoisotopic (exact) mass is 291 g/mol. The second kappa shape index (κ2) is 8.82. The van der Waals surface area contributed by atoms with Crippen LogP contribution in [0, 0.1) is 0 Å². The van der Waals surface area contributed by atoms with Gasteiger partial charge >= 0.3 is 17.9 Å². The molecule has 10 nitrogen and oxygen atoms in total. The zero-order valence-electron chi connectivity index (χ0n) is 10.7. The van der Waals surface area contributed by atoms with Crippen LogP contribution < -0.4 is 5.73 Å². The first-order chi connectivity index (χ1) is 9.20. The second-order valence-corrected chi connectivity index (χ2v) is 4.07. The fourth-order valence-corrected chi connectivity index (χ4v) is 1.51. The summed E-state index contributed by atoms with van der Waals surface area (Å²) in [7, 11) is 0. The maximum absolute atomic E-state index is 10.8. The number of nitrogens with two attached hydrogens (primary N) is 1. The molecule has 0 aliphatic heterocycles. The van der Waals surface area contributed by atoms with Gasteiger partial charge in [-0.2, -0.15) is 0 Å². The van der Waals surface area contributed by atoms with E-state index in [4.69, 9.17) is 21.1 Å². The maximum atomic E-state index is 10.8. The predicted molar refractivity (Wildman–Crippen MR) is 65.0 cm³/mol. The molecule has 20 heavy (non-hydrogen) atoms. The van der Waals surface area contributed by atoms with Crippen LogP contribution in [0.3, 0.4) is 0 Å². The Hall–Kier alpha value is -2.20. The Morgan fingerprint density at radius 3 is 1.25 bits per heavy atom. The number of carboxylic acid groups (broad SMARTS) is 3. The lowest BCUT2D eigenvalue weighted by atomic mass is 10.4. The molecule has 0 atom stereocenters. The molecule has 0 saturated carbocycles. The van der Waals surface area contributed by atoms with Crippen LogP contribution in [0.2, 0.25) is 0 Å². The number of carboxylic acids is 3. The molecule has 0 aliphatic rings. The van der Waals surface area contributed by atoms with Crippen molar-refractivity contribution in [2.45, 2.75) is 0 Å². The van der Waals surface area contributed by atoms with E-state index < -0.39 is 43.4 Å². The normalized spacial score (nSPS) is 10.7. The van der Waals surface area contributed by atoms with E-state index in [1.165, 1.54) is 4.90 Å². The maximum Gasteiger partial charge on any atom is 0.317 e. The van der Waals surface area contributed by atoms with Crippen molar-refractivity contribution in [3.63, 3.8) is 0 Å². The summed E-state index contributed by atoms with van der Waals surface area (Å²) < 4.78 is 0. The Labute approximate surface area is 114 Å². The minimum Gasteiger partial charge on any atom is -0.480 e. The summed E-state index contributed by atoms with van der Waals surface area (Å²) in [5, 5.41) is 25.9. The van der Waals surface area contributed by atoms with E-state index >= 15 is 0 Å². The lowest BCUT2D eigenvalue weighted by Gasteiger charge is -2.23. The summed E-state index contributed by atoms with van der Waals surface area (Å²) in [5.74, 6) is -4.31. The molecule has 0 radical (unpaired) electrons. The van der Waals surface area contributed by atoms with Gasteiger partial charge in [-0.25, -0.2) is 0 Å². The molecule has 0 bridgehead atoms. The molecule has 0 aromatic heterocycles. The van der Waals surface area contributed by atoms with E-state index in [9.17, 15) is 19.2 Å². The van der Waals surface area contributed by atoms with Gasteiger partial charge in [-0.3, -0.25) is 29.0 Å². The topological polar surface area (TPSA) is 161 Å². The van der Waals surface area contributed by atoms with Gasteiger partial charge in [-0.1, -0.05) is 0 Å². The third-order valence-corrected chi connectivity index (χ3v) is 2.19. The molecule has 0 rings (SSSR count). The minimum absolute atomic E-state index is 0.00972. The van der Waals surface area contributed by atoms with Gasteiger partial charge in [0.2, 0.25) is 5.91 Å². The number of amides is 1. The summed E-state index contributed by atoms with van der Waals surface area (Å²) in [6.45, 7) is -1.75. The van der Waals surface area contributed by atoms with Crippen molar-refractivity contribution in [3.8, 4) is 0 Å². The van der Waals surface area contributed by atoms with Gasteiger partial charge in [-0.05, 0) is 0 Å². The Bertz CT molecular complexity index is 317. The average Bonchev–Trinajstić information content (AvgIpc) is 2.22. The summed E-state index contributed by atoms with van der Waals surface area (Å²) in [5.41, 5.74) is 4.96. The highest BCUT2D eigenvalue weighted by Gasteiger charge is 2.17. The predicted octanol–water partition coefficient (Wildman–Crippen LogP) is -2.67. The largest absolute Gasteiger partial charge is 0.480 e. The Morgan fingerprint density at radius 1 is 0.700 bits per heavy atom. The number of primary amides is 1. The highest BCUT2D eigenvalue weighted by atomic mass is 16.4. The quantitative estimate of drug-likeness (QED) is 0.318. The van der Waals surface area contributed by atoms with Crippen LogP contribution >= 0.6 is 0 Å². The minimum atomic E-state index is -1.20. The van der Waals surface area contributed by atoms with Crippen molar-refractivity contribution in [1.82, 2.24) is 9.80 Å². The van der Waals surface area contributed by atoms with Crippen LogP contribution in [0.1, 0.15) is 0 Å². The standard InChI is InChI=1S/C10H17N3O7/c11-7(14)3-12(4-8(15)16)1-2-13(5-9(17)18)6-10(19)20/h1-6H2,(H2,11,14)(H,15,16)(H,17,18)(H,19,20). The first-order valence-electron chi connectivity index (χ1n) is 5.59. The van der Waals surface area contributed by atoms with Gasteiger partial charge in [0.15, 0.2) is 0 Å². The van der Waals surface area contributed by atoms with Gasteiger partial charge in [0.05, 0.1) is 26.2 Å². The van der Waals surface area contributed by atoms with Gasteiger partial charge in [0.1, 0.15) is 0 Å². The molecule has 10 heteroatoms. The molecule has 5 N–H and O–H groups in total. The number of carbonyl (C=O) groups excluding carboxylic acids is 1. The smallest absolute Gasteiger partial charge is 0.317 e. The second-order valence-electron chi connectivity index (χ2n) is 4.07. The third kappa shape index (κ3) is 9.79. The van der Waals surface area contributed by atoms with Crippen molar-refractivity contribution in [1.29, 1.82) is 0 Å². The van der Waals surface area contributed by atoms with E-state index in [0.29, 0.717) is 0 Å². The zero-order chi connectivity index (χ0) is 15.7. The third-order valence-electron chi connectivity index (χ3n) is 2.19. The summed E-state index contributed by atoms with van der Waals surface area (Å²) in [6.07, 6.45) is 0. The molecule has 114 valence electrons. The fourth-order valence-electron chi connectivity index (χ4n) is 1.51. The molecule has 0 unspecified atom stereocenters. The van der Waals surface area contributed by atoms with Crippen LogP contribution in [0.4, 0.5) is 0 Å². The van der Waals surface area contributed by atoms with E-state index in [1.807, 2.05) is 0 Å². The fraction of sp³-hybridized carbons (Fsp3) is 0.600. The van der Waals surface area contributed by atoms with Crippen molar-refractivity contribution in [3.05, 3.63) is 0 Å². The van der Waals surface area contributed by atoms with Crippen molar-refractivity contribution >= 4 is 23.8 Å². The van der Waals surface area contributed by atoms with Crippen LogP contribution in [-0.4, -0.2) is 88.2 Å². The molecule has 0 aromatic carbocycles. The van der Waals surface area contributed by atoms with Crippen LogP contribution in [0.15, 0.2) is 0 Å². The van der Waals surface area contributed by atoms with Gasteiger partial charge < -0.3 is 21.1 Å². The molecule has 0 heterocycles. The van der Waals surface area contributed by atoms with Crippen LogP contribution in [-0.2, 0) is 19.2 Å². The summed E-state index contributed by atoms with van der Waals surface area (Å²) >= 11 is 0. The van der Waals surface area contributed by atoms with Crippen molar-refractivity contribution in [2.24, 2.45) is 5.73 Å². The zero-order valence-corrected chi connectivity index (χ0v) is 10.7.